The summed E-state index contributed by atoms with van der Waals surface area (Å²) in [4.78, 5) is 0. The lowest BCUT2D eigenvalue weighted by Gasteiger charge is -2.21. The lowest BCUT2D eigenvalue weighted by Crippen LogP contribution is -2.46. The zero-order valence-electron chi connectivity index (χ0n) is 25.1. The molecule has 1 fully saturated rings. The van der Waals surface area contributed by atoms with Crippen molar-refractivity contribution in [3.05, 3.63) is 174 Å². The number of benzene rings is 7. The van der Waals surface area contributed by atoms with Crippen LogP contribution in [0.1, 0.15) is 34.9 Å². The molecule has 220 valence electrons. The maximum atomic E-state index is 6.93. The molecule has 2 heterocycles. The first-order valence-electron chi connectivity index (χ1n) is 15.9. The molecule has 0 spiro atoms. The van der Waals surface area contributed by atoms with Gasteiger partial charge in [0.1, 0.15) is 11.5 Å². The summed E-state index contributed by atoms with van der Waals surface area (Å²) in [5.41, 5.74) is 6.69. The van der Waals surface area contributed by atoms with E-state index < -0.39 is 7.12 Å². The zero-order valence-corrected chi connectivity index (χ0v) is 25.1. The molecule has 0 amide bonds. The number of rotatable bonds is 4. The highest BCUT2D eigenvalue weighted by molar-refractivity contribution is 6.63. The molecule has 2 aliphatic rings. The van der Waals surface area contributed by atoms with Gasteiger partial charge in [-0.25, -0.2) is 0 Å². The lowest BCUT2D eigenvalue weighted by molar-refractivity contribution is 0.446. The first-order chi connectivity index (χ1) is 22.8. The van der Waals surface area contributed by atoms with Gasteiger partial charge in [-0.05, 0) is 50.4 Å². The summed E-state index contributed by atoms with van der Waals surface area (Å²) in [5.74, 6) is 1.62. The van der Waals surface area contributed by atoms with E-state index in [4.69, 9.17) is 9.31 Å². The summed E-state index contributed by atoms with van der Waals surface area (Å²) in [5, 5.41) is 12.5. The third-order valence-corrected chi connectivity index (χ3v) is 9.40. The average molecular weight is 595 g/mol. The molecule has 0 saturated carbocycles. The summed E-state index contributed by atoms with van der Waals surface area (Å²) in [6.45, 7) is 0. The SMILES string of the molecule is c1ccc([C@@H]2NC(c3ccccc3B3Oc4ccc5ccccc5c4-c4c(ccc5ccccc45)O3)N[C@H]2c2ccccc2)cc1. The van der Waals surface area contributed by atoms with Gasteiger partial charge in [-0.15, -0.1) is 0 Å². The van der Waals surface area contributed by atoms with Gasteiger partial charge in [0.05, 0.1) is 18.2 Å². The van der Waals surface area contributed by atoms with Crippen molar-refractivity contribution < 1.29 is 9.31 Å². The second-order valence-corrected chi connectivity index (χ2v) is 12.1. The van der Waals surface area contributed by atoms with Crippen molar-refractivity contribution >= 4 is 34.1 Å². The molecule has 2 aliphatic heterocycles. The fourth-order valence-corrected chi connectivity index (χ4v) is 7.26. The minimum Gasteiger partial charge on any atom is -0.521 e. The van der Waals surface area contributed by atoms with E-state index in [0.29, 0.717) is 0 Å². The third kappa shape index (κ3) is 4.56. The van der Waals surface area contributed by atoms with Crippen LogP contribution in [0.15, 0.2) is 158 Å². The fraction of sp³-hybridized carbons (Fsp3) is 0.0732. The Bertz CT molecular complexity index is 2070. The molecule has 2 N–H and O–H groups in total. The Balaban J connectivity index is 1.17. The quantitative estimate of drug-likeness (QED) is 0.201. The molecular formula is C41H31BN2O2. The van der Waals surface area contributed by atoms with Crippen LogP contribution in [0.2, 0.25) is 0 Å². The second kappa shape index (κ2) is 11.2. The highest BCUT2D eigenvalue weighted by Crippen LogP contribution is 2.47. The van der Waals surface area contributed by atoms with Crippen LogP contribution in [-0.2, 0) is 0 Å². The Morgan fingerprint density at radius 2 is 0.891 bits per heavy atom. The van der Waals surface area contributed by atoms with E-state index in [0.717, 1.165) is 44.4 Å². The van der Waals surface area contributed by atoms with Gasteiger partial charge in [0.15, 0.2) is 0 Å². The van der Waals surface area contributed by atoms with Crippen molar-refractivity contribution in [3.8, 4) is 22.6 Å². The molecule has 46 heavy (non-hydrogen) atoms. The van der Waals surface area contributed by atoms with Gasteiger partial charge in [-0.2, -0.15) is 0 Å². The maximum absolute atomic E-state index is 6.93. The largest absolute Gasteiger partial charge is 0.633 e. The predicted molar refractivity (Wildman–Crippen MR) is 187 cm³/mol. The first kappa shape index (κ1) is 27.0. The van der Waals surface area contributed by atoms with Gasteiger partial charge in [-0.3, -0.25) is 10.6 Å². The van der Waals surface area contributed by atoms with Crippen molar-refractivity contribution in [1.82, 2.24) is 10.6 Å². The standard InChI is InChI=1S/C41H31BN2O2/c1-3-15-29(16-4-1)39-40(30-17-5-2-6-18-30)44-41(43-39)33-21-11-12-22-34(33)42-45-35-25-23-27-13-7-9-19-31(27)37(35)38-32-20-10-8-14-28(32)24-26-36(38)46-42/h1-26,39-41,43-44H/t39-,40-/m0/s1. The molecule has 9 rings (SSSR count). The van der Waals surface area contributed by atoms with Crippen molar-refractivity contribution in [2.75, 3.05) is 0 Å². The van der Waals surface area contributed by atoms with Crippen LogP contribution in [0.4, 0.5) is 0 Å². The van der Waals surface area contributed by atoms with Gasteiger partial charge in [0, 0.05) is 16.6 Å². The highest BCUT2D eigenvalue weighted by atomic mass is 16.6. The van der Waals surface area contributed by atoms with E-state index in [1.807, 2.05) is 0 Å². The molecular weight excluding hydrogens is 563 g/mol. The van der Waals surface area contributed by atoms with Crippen LogP contribution < -0.4 is 25.4 Å². The van der Waals surface area contributed by atoms with Gasteiger partial charge in [0.25, 0.3) is 0 Å². The first-order valence-corrected chi connectivity index (χ1v) is 15.9. The van der Waals surface area contributed by atoms with Crippen LogP contribution in [0.25, 0.3) is 32.7 Å². The zero-order chi connectivity index (χ0) is 30.5. The Morgan fingerprint density at radius 3 is 1.43 bits per heavy atom. The van der Waals surface area contributed by atoms with Crippen molar-refractivity contribution in [2.24, 2.45) is 0 Å². The van der Waals surface area contributed by atoms with Crippen LogP contribution in [0.5, 0.6) is 11.5 Å². The van der Waals surface area contributed by atoms with Crippen molar-refractivity contribution in [1.29, 1.82) is 0 Å². The Hall–Kier alpha value is -5.36. The molecule has 5 heteroatoms. The normalized spacial score (nSPS) is 17.6. The number of fused-ring (bicyclic) bond motifs is 7. The molecule has 4 nitrogen and oxygen atoms in total. The van der Waals surface area contributed by atoms with E-state index in [9.17, 15) is 0 Å². The van der Waals surface area contributed by atoms with Gasteiger partial charge < -0.3 is 9.31 Å². The molecule has 0 aliphatic carbocycles. The van der Waals surface area contributed by atoms with Crippen LogP contribution in [0.3, 0.4) is 0 Å². The van der Waals surface area contributed by atoms with Gasteiger partial charge in [0.2, 0.25) is 0 Å². The van der Waals surface area contributed by atoms with Crippen LogP contribution in [-0.4, -0.2) is 7.12 Å². The summed E-state index contributed by atoms with van der Waals surface area (Å²) in [6, 6.07) is 55.5. The van der Waals surface area contributed by atoms with E-state index >= 15 is 0 Å². The maximum Gasteiger partial charge on any atom is 0.633 e. The monoisotopic (exact) mass is 594 g/mol. The number of hydrogen-bond donors (Lipinski definition) is 2. The van der Waals surface area contributed by atoms with Crippen LogP contribution >= 0.6 is 0 Å². The van der Waals surface area contributed by atoms with Crippen molar-refractivity contribution in [3.63, 3.8) is 0 Å². The molecule has 0 bridgehead atoms. The number of hydrogen-bond acceptors (Lipinski definition) is 4. The third-order valence-electron chi connectivity index (χ3n) is 9.40. The van der Waals surface area contributed by atoms with Crippen LogP contribution in [0, 0.1) is 0 Å². The van der Waals surface area contributed by atoms with E-state index in [1.165, 1.54) is 21.9 Å². The topological polar surface area (TPSA) is 42.5 Å². The summed E-state index contributed by atoms with van der Waals surface area (Å²) in [7, 11) is -0.659. The summed E-state index contributed by atoms with van der Waals surface area (Å²) < 4.78 is 13.9. The predicted octanol–water partition coefficient (Wildman–Crippen LogP) is 8.50. The van der Waals surface area contributed by atoms with E-state index in [2.05, 4.69) is 168 Å². The summed E-state index contributed by atoms with van der Waals surface area (Å²) >= 11 is 0. The Kier molecular flexibility index (Phi) is 6.58. The molecule has 7 aromatic rings. The Labute approximate surface area is 268 Å². The molecule has 0 radical (unpaired) electrons. The summed E-state index contributed by atoms with van der Waals surface area (Å²) in [6.07, 6.45) is -0.130. The minimum absolute atomic E-state index is 0.0804. The Morgan fingerprint density at radius 1 is 0.435 bits per heavy atom. The fourth-order valence-electron chi connectivity index (χ4n) is 7.26. The van der Waals surface area contributed by atoms with Gasteiger partial charge in [-0.1, -0.05) is 146 Å². The van der Waals surface area contributed by atoms with E-state index in [-0.39, 0.29) is 18.2 Å². The molecule has 0 unspecified atom stereocenters. The number of nitrogens with one attached hydrogen (secondary N) is 2. The molecule has 7 aromatic carbocycles. The smallest absolute Gasteiger partial charge is 0.521 e. The average Bonchev–Trinajstić information content (AvgIpc) is 3.50. The second-order valence-electron chi connectivity index (χ2n) is 12.1. The minimum atomic E-state index is -0.659. The lowest BCUT2D eigenvalue weighted by atomic mass is 9.74. The molecule has 0 aromatic heterocycles. The molecule has 1 saturated heterocycles. The van der Waals surface area contributed by atoms with E-state index in [1.54, 1.807) is 0 Å². The molecule has 2 atom stereocenters. The van der Waals surface area contributed by atoms with Crippen molar-refractivity contribution in [2.45, 2.75) is 18.2 Å². The highest BCUT2D eigenvalue weighted by Gasteiger charge is 2.40. The van der Waals surface area contributed by atoms with Gasteiger partial charge >= 0.3 is 7.12 Å².